The third kappa shape index (κ3) is 3.93. The van der Waals surface area contributed by atoms with Gasteiger partial charge in [-0.05, 0) is 39.8 Å². The number of nitrogens with zero attached hydrogens (tertiary/aromatic N) is 4. The monoisotopic (exact) mass is 320 g/mol. The maximum atomic E-state index is 12.6. The average molecular weight is 320 g/mol. The molecule has 0 atom stereocenters. The van der Waals surface area contributed by atoms with E-state index in [1.165, 1.54) is 0 Å². The maximum absolute atomic E-state index is 12.6. The molecule has 0 N–H and O–H groups in total. The number of carbonyl (C=O) groups excluding carboxylic acids is 1. The molecule has 128 valence electrons. The van der Waals surface area contributed by atoms with E-state index in [4.69, 9.17) is 4.74 Å². The quantitative estimate of drug-likeness (QED) is 0.844. The van der Waals surface area contributed by atoms with Crippen LogP contribution >= 0.6 is 0 Å². The summed E-state index contributed by atoms with van der Waals surface area (Å²) in [5, 5.41) is 0. The molecule has 0 radical (unpaired) electrons. The second-order valence-corrected chi connectivity index (χ2v) is 6.83. The summed E-state index contributed by atoms with van der Waals surface area (Å²) < 4.78 is 7.56. The molecule has 6 nitrogen and oxygen atoms in total. The Kier molecular flexibility index (Phi) is 5.33. The van der Waals surface area contributed by atoms with Crippen LogP contribution in [0, 0.1) is 5.92 Å². The van der Waals surface area contributed by atoms with Crippen molar-refractivity contribution in [3.8, 4) is 0 Å². The third-order valence-electron chi connectivity index (χ3n) is 4.93. The molecule has 1 aromatic heterocycles. The van der Waals surface area contributed by atoms with Crippen LogP contribution < -0.4 is 0 Å². The number of piperidine rings is 1. The Morgan fingerprint density at radius 3 is 2.61 bits per heavy atom. The molecule has 0 aromatic carbocycles. The lowest BCUT2D eigenvalue weighted by molar-refractivity contribution is -0.141. The molecule has 2 fully saturated rings. The zero-order valence-corrected chi connectivity index (χ0v) is 14.3. The van der Waals surface area contributed by atoms with Crippen molar-refractivity contribution in [2.45, 2.75) is 39.3 Å². The lowest BCUT2D eigenvalue weighted by atomic mass is 9.95. The van der Waals surface area contributed by atoms with Gasteiger partial charge in [0.2, 0.25) is 5.91 Å². The van der Waals surface area contributed by atoms with Gasteiger partial charge in [0.15, 0.2) is 0 Å². The Balaban J connectivity index is 1.50. The number of morpholine rings is 1. The van der Waals surface area contributed by atoms with Gasteiger partial charge in [-0.2, -0.15) is 0 Å². The van der Waals surface area contributed by atoms with Crippen LogP contribution in [0.5, 0.6) is 0 Å². The molecule has 1 amide bonds. The maximum Gasteiger partial charge on any atom is 0.225 e. The number of imidazole rings is 1. The molecule has 0 aliphatic carbocycles. The van der Waals surface area contributed by atoms with Gasteiger partial charge in [-0.25, -0.2) is 4.98 Å². The van der Waals surface area contributed by atoms with Crippen molar-refractivity contribution >= 4 is 5.91 Å². The fraction of sp³-hybridized carbons (Fsp3) is 0.765. The Morgan fingerprint density at radius 2 is 1.96 bits per heavy atom. The molecule has 2 saturated heterocycles. The highest BCUT2D eigenvalue weighted by Crippen LogP contribution is 2.22. The van der Waals surface area contributed by atoms with E-state index in [-0.39, 0.29) is 5.92 Å². The van der Waals surface area contributed by atoms with Gasteiger partial charge >= 0.3 is 0 Å². The summed E-state index contributed by atoms with van der Waals surface area (Å²) in [7, 11) is 0. The minimum absolute atomic E-state index is 0.189. The molecule has 3 heterocycles. The first-order valence-electron chi connectivity index (χ1n) is 8.75. The first-order chi connectivity index (χ1) is 11.1. The molecule has 0 bridgehead atoms. The van der Waals surface area contributed by atoms with Crippen molar-refractivity contribution < 1.29 is 9.53 Å². The smallest absolute Gasteiger partial charge is 0.225 e. The number of hydrogen-bond donors (Lipinski definition) is 0. The van der Waals surface area contributed by atoms with Crippen LogP contribution in [-0.4, -0.2) is 64.7 Å². The van der Waals surface area contributed by atoms with Gasteiger partial charge in [0.1, 0.15) is 5.82 Å². The Hall–Kier alpha value is -1.40. The molecule has 0 saturated carbocycles. The van der Waals surface area contributed by atoms with Gasteiger partial charge < -0.3 is 14.2 Å². The predicted octanol–water partition coefficient (Wildman–Crippen LogP) is 1.53. The van der Waals surface area contributed by atoms with Crippen LogP contribution in [0.3, 0.4) is 0 Å². The van der Waals surface area contributed by atoms with Crippen molar-refractivity contribution in [3.63, 3.8) is 0 Å². The molecule has 3 rings (SSSR count). The molecule has 2 aliphatic rings. The third-order valence-corrected chi connectivity index (χ3v) is 4.93. The number of aromatic nitrogens is 2. The van der Waals surface area contributed by atoms with Crippen LogP contribution in [0.25, 0.3) is 0 Å². The molecule has 1 aromatic rings. The second-order valence-electron chi connectivity index (χ2n) is 6.83. The van der Waals surface area contributed by atoms with Crippen molar-refractivity contribution in [3.05, 3.63) is 18.2 Å². The summed E-state index contributed by atoms with van der Waals surface area (Å²) in [4.78, 5) is 21.4. The van der Waals surface area contributed by atoms with Crippen molar-refractivity contribution in [1.82, 2.24) is 19.4 Å². The highest BCUT2D eigenvalue weighted by Gasteiger charge is 2.29. The minimum Gasteiger partial charge on any atom is -0.378 e. The van der Waals surface area contributed by atoms with Crippen LogP contribution in [0.2, 0.25) is 0 Å². The summed E-state index contributed by atoms with van der Waals surface area (Å²) in [6.07, 6.45) is 5.84. The van der Waals surface area contributed by atoms with Crippen LogP contribution in [-0.2, 0) is 16.1 Å². The van der Waals surface area contributed by atoms with Crippen molar-refractivity contribution in [2.24, 2.45) is 5.92 Å². The standard InChI is InChI=1S/C17H28N4O2/c1-14(2)21-8-5-18-16(21)13-19-6-3-15(4-7-19)17(22)20-9-11-23-12-10-20/h5,8,14-15H,3-4,6-7,9-13H2,1-2H3. The normalized spacial score (nSPS) is 21.1. The summed E-state index contributed by atoms with van der Waals surface area (Å²) >= 11 is 0. The van der Waals surface area contributed by atoms with Crippen molar-refractivity contribution in [2.75, 3.05) is 39.4 Å². The van der Waals surface area contributed by atoms with Gasteiger partial charge in [-0.3, -0.25) is 9.69 Å². The molecule has 0 unspecified atom stereocenters. The van der Waals surface area contributed by atoms with E-state index in [0.717, 1.165) is 51.4 Å². The number of ether oxygens (including phenoxy) is 1. The number of carbonyl (C=O) groups is 1. The summed E-state index contributed by atoms with van der Waals surface area (Å²) in [5.74, 6) is 1.64. The topological polar surface area (TPSA) is 50.6 Å². The van der Waals surface area contributed by atoms with E-state index in [0.29, 0.717) is 25.2 Å². The fourth-order valence-electron chi connectivity index (χ4n) is 3.52. The van der Waals surface area contributed by atoms with E-state index in [1.54, 1.807) is 0 Å². The first kappa shape index (κ1) is 16.5. The number of rotatable bonds is 4. The average Bonchev–Trinajstić information content (AvgIpc) is 3.04. The van der Waals surface area contributed by atoms with Gasteiger partial charge in [-0.15, -0.1) is 0 Å². The van der Waals surface area contributed by atoms with Gasteiger partial charge in [0.05, 0.1) is 19.8 Å². The van der Waals surface area contributed by atoms with E-state index in [9.17, 15) is 4.79 Å². The SMILES string of the molecule is CC(C)n1ccnc1CN1CCC(C(=O)N2CCOCC2)CC1. The lowest BCUT2D eigenvalue weighted by Gasteiger charge is -2.35. The molecule has 6 heteroatoms. The second kappa shape index (κ2) is 7.45. The fourth-order valence-corrected chi connectivity index (χ4v) is 3.52. The zero-order chi connectivity index (χ0) is 16.2. The number of amides is 1. The molecule has 2 aliphatic heterocycles. The van der Waals surface area contributed by atoms with Crippen LogP contribution in [0.1, 0.15) is 38.6 Å². The molecule has 23 heavy (non-hydrogen) atoms. The predicted molar refractivity (Wildman–Crippen MR) is 88.0 cm³/mol. The van der Waals surface area contributed by atoms with E-state index < -0.39 is 0 Å². The highest BCUT2D eigenvalue weighted by molar-refractivity contribution is 5.79. The van der Waals surface area contributed by atoms with Gasteiger partial charge in [0, 0.05) is 37.4 Å². The summed E-state index contributed by atoms with van der Waals surface area (Å²) in [6.45, 7) is 10.1. The van der Waals surface area contributed by atoms with Crippen molar-refractivity contribution in [1.29, 1.82) is 0 Å². The number of hydrogen-bond acceptors (Lipinski definition) is 4. The van der Waals surface area contributed by atoms with E-state index >= 15 is 0 Å². The Morgan fingerprint density at radius 1 is 1.26 bits per heavy atom. The number of likely N-dealkylation sites (tertiary alicyclic amines) is 1. The zero-order valence-electron chi connectivity index (χ0n) is 14.3. The summed E-state index contributed by atoms with van der Waals surface area (Å²) in [5.41, 5.74) is 0. The van der Waals surface area contributed by atoms with E-state index in [1.807, 2.05) is 11.1 Å². The largest absolute Gasteiger partial charge is 0.378 e. The molecular formula is C17H28N4O2. The van der Waals surface area contributed by atoms with Crippen LogP contribution in [0.15, 0.2) is 12.4 Å². The minimum atomic E-state index is 0.189. The Labute approximate surface area is 138 Å². The van der Waals surface area contributed by atoms with Gasteiger partial charge in [-0.1, -0.05) is 0 Å². The Bertz CT molecular complexity index is 514. The highest BCUT2D eigenvalue weighted by atomic mass is 16.5. The van der Waals surface area contributed by atoms with E-state index in [2.05, 4.69) is 34.5 Å². The van der Waals surface area contributed by atoms with Gasteiger partial charge in [0.25, 0.3) is 0 Å². The molecule has 0 spiro atoms. The lowest BCUT2D eigenvalue weighted by Crippen LogP contribution is -2.46. The summed E-state index contributed by atoms with van der Waals surface area (Å²) in [6, 6.07) is 0.438. The molecular weight excluding hydrogens is 292 g/mol. The first-order valence-corrected chi connectivity index (χ1v) is 8.75. The van der Waals surface area contributed by atoms with Crippen LogP contribution in [0.4, 0.5) is 0 Å².